The molecule has 0 saturated heterocycles. The van der Waals surface area contributed by atoms with Crippen molar-refractivity contribution in [3.8, 4) is 0 Å². The second-order valence-corrected chi connectivity index (χ2v) is 4.95. The van der Waals surface area contributed by atoms with E-state index in [0.717, 1.165) is 17.7 Å². The van der Waals surface area contributed by atoms with Crippen LogP contribution in [-0.4, -0.2) is 36.2 Å². The van der Waals surface area contributed by atoms with E-state index in [1.54, 1.807) is 7.05 Å². The minimum atomic E-state index is -0.621. The van der Waals surface area contributed by atoms with Crippen LogP contribution in [-0.2, 0) is 16.1 Å². The average Bonchev–Trinajstić information content (AvgIpc) is 2.82. The van der Waals surface area contributed by atoms with Crippen molar-refractivity contribution in [2.45, 2.75) is 32.4 Å². The van der Waals surface area contributed by atoms with Gasteiger partial charge >= 0.3 is 0 Å². The molecule has 3 amide bonds. The van der Waals surface area contributed by atoms with E-state index in [4.69, 9.17) is 0 Å². The molecular formula is C15H19N3O3. The molecule has 0 radical (unpaired) electrons. The fraction of sp³-hybridized carbons (Fsp3) is 0.400. The maximum atomic E-state index is 12.6. The highest BCUT2D eigenvalue weighted by Crippen LogP contribution is 2.31. The lowest BCUT2D eigenvalue weighted by molar-refractivity contribution is -0.129. The molecule has 2 N–H and O–H groups in total. The summed E-state index contributed by atoms with van der Waals surface area (Å²) in [5.74, 6) is -0.603. The monoisotopic (exact) mass is 289 g/mol. The van der Waals surface area contributed by atoms with Crippen LogP contribution in [0, 0.1) is 0 Å². The van der Waals surface area contributed by atoms with Crippen LogP contribution in [0.15, 0.2) is 18.2 Å². The zero-order valence-electron chi connectivity index (χ0n) is 12.2. The number of fused-ring (bicyclic) bond motifs is 1. The van der Waals surface area contributed by atoms with Crippen LogP contribution in [0.2, 0.25) is 0 Å². The van der Waals surface area contributed by atoms with E-state index in [2.05, 4.69) is 10.6 Å². The highest BCUT2D eigenvalue weighted by molar-refractivity contribution is 6.06. The average molecular weight is 289 g/mol. The maximum absolute atomic E-state index is 12.6. The summed E-state index contributed by atoms with van der Waals surface area (Å²) >= 11 is 0. The molecule has 1 aliphatic heterocycles. The largest absolute Gasteiger partial charge is 0.387 e. The number of carbonyl (C=O) groups excluding carboxylic acids is 3. The Morgan fingerprint density at radius 3 is 2.86 bits per heavy atom. The molecule has 0 aliphatic carbocycles. The van der Waals surface area contributed by atoms with Gasteiger partial charge in [0.25, 0.3) is 5.91 Å². The molecule has 0 bridgehead atoms. The third kappa shape index (κ3) is 2.74. The number of hydrogen-bond acceptors (Lipinski definition) is 4. The van der Waals surface area contributed by atoms with Crippen LogP contribution in [0.1, 0.15) is 35.7 Å². The van der Waals surface area contributed by atoms with Gasteiger partial charge in [0.2, 0.25) is 12.3 Å². The third-order valence-corrected chi connectivity index (χ3v) is 3.68. The van der Waals surface area contributed by atoms with Gasteiger partial charge in [-0.1, -0.05) is 25.5 Å². The fourth-order valence-electron chi connectivity index (χ4n) is 2.70. The second-order valence-electron chi connectivity index (χ2n) is 4.95. The molecule has 1 atom stereocenters. The zero-order valence-corrected chi connectivity index (χ0v) is 12.2. The van der Waals surface area contributed by atoms with Gasteiger partial charge in [0.1, 0.15) is 6.04 Å². The van der Waals surface area contributed by atoms with Crippen LogP contribution in [0.4, 0.5) is 5.69 Å². The summed E-state index contributed by atoms with van der Waals surface area (Å²) in [6.07, 6.45) is 1.63. The lowest BCUT2D eigenvalue weighted by atomic mass is 10.1. The first-order valence-electron chi connectivity index (χ1n) is 6.98. The number of rotatable bonds is 6. The molecule has 1 aromatic rings. The molecule has 6 nitrogen and oxygen atoms in total. The van der Waals surface area contributed by atoms with Crippen LogP contribution in [0.3, 0.4) is 0 Å². The van der Waals surface area contributed by atoms with Crippen molar-refractivity contribution >= 4 is 23.9 Å². The molecular weight excluding hydrogens is 270 g/mol. The minimum absolute atomic E-state index is 0.172. The zero-order chi connectivity index (χ0) is 15.4. The first kappa shape index (κ1) is 15.0. The molecule has 1 aromatic carbocycles. The lowest BCUT2D eigenvalue weighted by Crippen LogP contribution is -2.46. The van der Waals surface area contributed by atoms with Crippen molar-refractivity contribution in [1.82, 2.24) is 10.2 Å². The SMILES string of the molecule is CCCC(C(=O)NC=O)N1Cc2cccc(NC)c2C1=O. The van der Waals surface area contributed by atoms with Gasteiger partial charge in [0.15, 0.2) is 0 Å². The number of carbonyl (C=O) groups is 3. The van der Waals surface area contributed by atoms with Crippen LogP contribution in [0.5, 0.6) is 0 Å². The van der Waals surface area contributed by atoms with Crippen LogP contribution < -0.4 is 10.6 Å². The number of hydrogen-bond donors (Lipinski definition) is 2. The van der Waals surface area contributed by atoms with E-state index in [9.17, 15) is 14.4 Å². The normalized spacial score (nSPS) is 14.6. The first-order valence-corrected chi connectivity index (χ1v) is 6.98. The number of amides is 3. The van der Waals surface area contributed by atoms with E-state index in [0.29, 0.717) is 24.9 Å². The molecule has 2 rings (SSSR count). The number of imide groups is 1. The number of benzene rings is 1. The van der Waals surface area contributed by atoms with Crippen molar-refractivity contribution in [3.05, 3.63) is 29.3 Å². The van der Waals surface area contributed by atoms with E-state index >= 15 is 0 Å². The summed E-state index contributed by atoms with van der Waals surface area (Å²) in [5.41, 5.74) is 2.26. The summed E-state index contributed by atoms with van der Waals surface area (Å²) in [6, 6.07) is 4.97. The molecule has 6 heteroatoms. The molecule has 0 saturated carbocycles. The van der Waals surface area contributed by atoms with Gasteiger partial charge in [-0.3, -0.25) is 19.7 Å². The molecule has 1 heterocycles. The van der Waals surface area contributed by atoms with Crippen molar-refractivity contribution in [3.63, 3.8) is 0 Å². The Balaban J connectivity index is 2.32. The van der Waals surface area contributed by atoms with Gasteiger partial charge in [0, 0.05) is 19.3 Å². The van der Waals surface area contributed by atoms with E-state index in [1.165, 1.54) is 4.90 Å². The van der Waals surface area contributed by atoms with Crippen LogP contribution in [0.25, 0.3) is 0 Å². The predicted octanol–water partition coefficient (Wildman–Crippen LogP) is 1.13. The Kier molecular flexibility index (Phi) is 4.57. The van der Waals surface area contributed by atoms with Gasteiger partial charge in [-0.2, -0.15) is 0 Å². The van der Waals surface area contributed by atoms with Gasteiger partial charge in [0.05, 0.1) is 5.56 Å². The van der Waals surface area contributed by atoms with E-state index in [1.807, 2.05) is 25.1 Å². The third-order valence-electron chi connectivity index (χ3n) is 3.68. The first-order chi connectivity index (χ1) is 10.1. The maximum Gasteiger partial charge on any atom is 0.257 e. The molecule has 1 unspecified atom stereocenters. The van der Waals surface area contributed by atoms with Gasteiger partial charge in [-0.25, -0.2) is 0 Å². The summed E-state index contributed by atoms with van der Waals surface area (Å²) in [5, 5.41) is 5.15. The number of nitrogens with one attached hydrogen (secondary N) is 2. The van der Waals surface area contributed by atoms with Crippen LogP contribution >= 0.6 is 0 Å². The molecule has 0 aromatic heterocycles. The van der Waals surface area contributed by atoms with Crippen molar-refractivity contribution in [1.29, 1.82) is 0 Å². The Morgan fingerprint density at radius 1 is 1.48 bits per heavy atom. The smallest absolute Gasteiger partial charge is 0.257 e. The topological polar surface area (TPSA) is 78.5 Å². The van der Waals surface area contributed by atoms with Crippen molar-refractivity contribution < 1.29 is 14.4 Å². The molecule has 0 fully saturated rings. The van der Waals surface area contributed by atoms with Crippen molar-refractivity contribution in [2.24, 2.45) is 0 Å². The Labute approximate surface area is 123 Å². The predicted molar refractivity (Wildman–Crippen MR) is 78.8 cm³/mol. The fourth-order valence-corrected chi connectivity index (χ4v) is 2.70. The van der Waals surface area contributed by atoms with Gasteiger partial charge in [-0.05, 0) is 18.1 Å². The highest BCUT2D eigenvalue weighted by atomic mass is 16.2. The quantitative estimate of drug-likeness (QED) is 0.769. The summed E-state index contributed by atoms with van der Waals surface area (Å²) in [4.78, 5) is 36.7. The Hall–Kier alpha value is -2.37. The number of anilines is 1. The van der Waals surface area contributed by atoms with Gasteiger partial charge < -0.3 is 10.2 Å². The lowest BCUT2D eigenvalue weighted by Gasteiger charge is -2.25. The van der Waals surface area contributed by atoms with Crippen molar-refractivity contribution in [2.75, 3.05) is 12.4 Å². The second kappa shape index (κ2) is 6.39. The minimum Gasteiger partial charge on any atom is -0.387 e. The van der Waals surface area contributed by atoms with E-state index < -0.39 is 11.9 Å². The summed E-state index contributed by atoms with van der Waals surface area (Å²) in [7, 11) is 1.76. The molecule has 1 aliphatic rings. The highest BCUT2D eigenvalue weighted by Gasteiger charge is 2.37. The standard InChI is InChI=1S/C15H19N3O3/c1-3-5-12(14(20)17-9-19)18-8-10-6-4-7-11(16-2)13(10)15(18)21/h4,6-7,9,12,16H,3,5,8H2,1-2H3,(H,17,19,20). The van der Waals surface area contributed by atoms with Gasteiger partial charge in [-0.15, -0.1) is 0 Å². The summed E-state index contributed by atoms with van der Waals surface area (Å²) in [6.45, 7) is 2.33. The Bertz CT molecular complexity index is 571. The molecule has 0 spiro atoms. The Morgan fingerprint density at radius 2 is 2.24 bits per heavy atom. The molecule has 21 heavy (non-hydrogen) atoms. The molecule has 112 valence electrons. The van der Waals surface area contributed by atoms with E-state index in [-0.39, 0.29) is 5.91 Å². The summed E-state index contributed by atoms with van der Waals surface area (Å²) < 4.78 is 0. The number of nitrogens with zero attached hydrogens (tertiary/aromatic N) is 1.